The van der Waals surface area contributed by atoms with Crippen molar-refractivity contribution in [2.45, 2.75) is 118 Å². The molecule has 1 aromatic carbocycles. The number of ether oxygens (including phenoxy) is 2. The fourth-order valence-corrected chi connectivity index (χ4v) is 4.51. The van der Waals surface area contributed by atoms with Gasteiger partial charge in [-0.05, 0) is 57.1 Å². The number of hydrogen-bond donors (Lipinski definition) is 2. The van der Waals surface area contributed by atoms with E-state index in [0.717, 1.165) is 44.1 Å². The van der Waals surface area contributed by atoms with Crippen LogP contribution in [0.1, 0.15) is 111 Å². The summed E-state index contributed by atoms with van der Waals surface area (Å²) in [6.07, 6.45) is 6.55. The van der Waals surface area contributed by atoms with Gasteiger partial charge in [0.25, 0.3) is 0 Å². The summed E-state index contributed by atoms with van der Waals surface area (Å²) in [4.78, 5) is 54.1. The van der Waals surface area contributed by atoms with Crippen LogP contribution >= 0.6 is 0 Å². The molecule has 9 heteroatoms. The van der Waals surface area contributed by atoms with Crippen LogP contribution in [0.3, 0.4) is 0 Å². The molecule has 2 N–H and O–H groups in total. The molecular formula is C32H53N3O6. The first-order valence-corrected chi connectivity index (χ1v) is 15.1. The third kappa shape index (κ3) is 13.9. The summed E-state index contributed by atoms with van der Waals surface area (Å²) in [6.45, 7) is 13.4. The zero-order chi connectivity index (χ0) is 31.0. The molecule has 232 valence electrons. The Kier molecular flexibility index (Phi) is 16.1. The number of esters is 1. The Balaban J connectivity index is 3.47. The van der Waals surface area contributed by atoms with Crippen LogP contribution in [0.5, 0.6) is 0 Å². The van der Waals surface area contributed by atoms with Crippen LogP contribution in [0, 0.1) is 5.92 Å². The Bertz CT molecular complexity index is 955. The number of unbranched alkanes of at least 4 members (excludes halogenated alkanes) is 5. The molecule has 0 radical (unpaired) electrons. The van der Waals surface area contributed by atoms with Gasteiger partial charge in [-0.15, -0.1) is 0 Å². The topological polar surface area (TPSA) is 114 Å². The van der Waals surface area contributed by atoms with Crippen LogP contribution in [0.4, 0.5) is 4.79 Å². The number of hydrogen-bond acceptors (Lipinski definition) is 6. The SMILES string of the molecule is CCCCCCCCN(C(=O)C(CC(C)C)NC(=O)OC(C)(C)C)C(C(=O)NCC(=O)OC)c1ccc(CC)cc1. The van der Waals surface area contributed by atoms with E-state index in [-0.39, 0.29) is 18.4 Å². The van der Waals surface area contributed by atoms with Crippen molar-refractivity contribution in [3.8, 4) is 0 Å². The maximum Gasteiger partial charge on any atom is 0.408 e. The molecule has 0 heterocycles. The highest BCUT2D eigenvalue weighted by Gasteiger charge is 2.36. The summed E-state index contributed by atoms with van der Waals surface area (Å²) in [7, 11) is 1.25. The number of aryl methyl sites for hydroxylation is 1. The third-order valence-electron chi connectivity index (χ3n) is 6.63. The van der Waals surface area contributed by atoms with Crippen molar-refractivity contribution in [3.05, 3.63) is 35.4 Å². The van der Waals surface area contributed by atoms with Gasteiger partial charge >= 0.3 is 12.1 Å². The fraction of sp³-hybridized carbons (Fsp3) is 0.688. The number of nitrogens with one attached hydrogen (secondary N) is 2. The minimum atomic E-state index is -0.996. The molecule has 0 saturated heterocycles. The maximum absolute atomic E-state index is 14.3. The number of carbonyl (C=O) groups excluding carboxylic acids is 4. The van der Waals surface area contributed by atoms with Crippen molar-refractivity contribution < 1.29 is 28.7 Å². The molecule has 41 heavy (non-hydrogen) atoms. The van der Waals surface area contributed by atoms with E-state index in [4.69, 9.17) is 9.47 Å². The molecule has 1 aromatic rings. The number of nitrogens with zero attached hydrogens (tertiary/aromatic N) is 1. The van der Waals surface area contributed by atoms with Gasteiger partial charge in [-0.25, -0.2) is 4.79 Å². The fourth-order valence-electron chi connectivity index (χ4n) is 4.51. The van der Waals surface area contributed by atoms with E-state index in [2.05, 4.69) is 17.6 Å². The number of carbonyl (C=O) groups is 4. The van der Waals surface area contributed by atoms with E-state index in [9.17, 15) is 19.2 Å². The first-order valence-electron chi connectivity index (χ1n) is 15.1. The summed E-state index contributed by atoms with van der Waals surface area (Å²) in [5, 5.41) is 5.41. The molecular weight excluding hydrogens is 522 g/mol. The molecule has 2 atom stereocenters. The average molecular weight is 576 g/mol. The molecule has 0 spiro atoms. The van der Waals surface area contributed by atoms with Gasteiger partial charge in [0.2, 0.25) is 11.8 Å². The van der Waals surface area contributed by atoms with Crippen molar-refractivity contribution >= 4 is 23.9 Å². The lowest BCUT2D eigenvalue weighted by molar-refractivity contribution is -0.145. The van der Waals surface area contributed by atoms with Gasteiger partial charge in [0, 0.05) is 6.54 Å². The predicted molar refractivity (Wildman–Crippen MR) is 161 cm³/mol. The zero-order valence-corrected chi connectivity index (χ0v) is 26.5. The predicted octanol–water partition coefficient (Wildman–Crippen LogP) is 5.71. The molecule has 0 bridgehead atoms. The van der Waals surface area contributed by atoms with Crippen LogP contribution in [0.2, 0.25) is 0 Å². The second kappa shape index (κ2) is 18.4. The summed E-state index contributed by atoms with van der Waals surface area (Å²) >= 11 is 0. The van der Waals surface area contributed by atoms with E-state index in [1.165, 1.54) is 7.11 Å². The third-order valence-corrected chi connectivity index (χ3v) is 6.63. The molecule has 9 nitrogen and oxygen atoms in total. The molecule has 0 aliphatic rings. The number of alkyl carbamates (subject to hydrolysis) is 1. The maximum atomic E-state index is 14.3. The normalized spacial score (nSPS) is 12.8. The molecule has 1 rings (SSSR count). The van der Waals surface area contributed by atoms with E-state index < -0.39 is 35.7 Å². The minimum Gasteiger partial charge on any atom is -0.468 e. The van der Waals surface area contributed by atoms with Gasteiger partial charge < -0.3 is 25.0 Å². The average Bonchev–Trinajstić information content (AvgIpc) is 2.90. The van der Waals surface area contributed by atoms with E-state index in [0.29, 0.717) is 24.9 Å². The highest BCUT2D eigenvalue weighted by Crippen LogP contribution is 2.25. The van der Waals surface area contributed by atoms with Crippen molar-refractivity contribution in [2.75, 3.05) is 20.2 Å². The molecule has 0 aliphatic carbocycles. The van der Waals surface area contributed by atoms with Crippen LogP contribution in [-0.2, 0) is 30.3 Å². The molecule has 0 fully saturated rings. The lowest BCUT2D eigenvalue weighted by Crippen LogP contribution is -2.54. The molecule has 0 saturated carbocycles. The second-order valence-corrected chi connectivity index (χ2v) is 11.9. The van der Waals surface area contributed by atoms with Crippen molar-refractivity contribution in [2.24, 2.45) is 5.92 Å². The van der Waals surface area contributed by atoms with Crippen LogP contribution in [-0.4, -0.2) is 60.6 Å². The molecule has 0 aromatic heterocycles. The van der Waals surface area contributed by atoms with Crippen LogP contribution < -0.4 is 10.6 Å². The molecule has 3 amide bonds. The minimum absolute atomic E-state index is 0.0882. The Labute approximate surface area is 247 Å². The van der Waals surface area contributed by atoms with Crippen molar-refractivity contribution in [1.29, 1.82) is 0 Å². The summed E-state index contributed by atoms with van der Waals surface area (Å²) in [5.41, 5.74) is 0.996. The van der Waals surface area contributed by atoms with E-state index in [1.54, 1.807) is 25.7 Å². The Morgan fingerprint density at radius 2 is 1.54 bits per heavy atom. The number of methoxy groups -OCH3 is 1. The van der Waals surface area contributed by atoms with Gasteiger partial charge in [0.1, 0.15) is 24.2 Å². The van der Waals surface area contributed by atoms with Gasteiger partial charge in [0.15, 0.2) is 0 Å². The Hall–Kier alpha value is -3.10. The quantitative estimate of drug-likeness (QED) is 0.182. The van der Waals surface area contributed by atoms with Crippen LogP contribution in [0.25, 0.3) is 0 Å². The number of amides is 3. The van der Waals surface area contributed by atoms with Crippen molar-refractivity contribution in [3.63, 3.8) is 0 Å². The van der Waals surface area contributed by atoms with Gasteiger partial charge in [-0.3, -0.25) is 14.4 Å². The summed E-state index contributed by atoms with van der Waals surface area (Å²) in [6, 6.07) is 5.68. The highest BCUT2D eigenvalue weighted by atomic mass is 16.6. The van der Waals surface area contributed by atoms with Crippen LogP contribution in [0.15, 0.2) is 24.3 Å². The highest BCUT2D eigenvalue weighted by molar-refractivity contribution is 5.93. The smallest absolute Gasteiger partial charge is 0.408 e. The standard InChI is InChI=1S/C32H53N3O6/c1-9-11-12-13-14-15-20-35(30(38)26(21-23(3)4)34-31(39)41-32(5,6)7)28(29(37)33-22-27(36)40-8)25-18-16-24(10-2)17-19-25/h16-19,23,26,28H,9-15,20-22H2,1-8H3,(H,33,37)(H,34,39). The second-order valence-electron chi connectivity index (χ2n) is 11.9. The zero-order valence-electron chi connectivity index (χ0n) is 26.5. The summed E-state index contributed by atoms with van der Waals surface area (Å²) in [5.74, 6) is -1.35. The Morgan fingerprint density at radius 3 is 2.07 bits per heavy atom. The molecule has 2 unspecified atom stereocenters. The largest absolute Gasteiger partial charge is 0.468 e. The number of rotatable bonds is 17. The monoisotopic (exact) mass is 575 g/mol. The summed E-state index contributed by atoms with van der Waals surface area (Å²) < 4.78 is 10.2. The lowest BCUT2D eigenvalue weighted by atomic mass is 9.97. The van der Waals surface area contributed by atoms with Gasteiger partial charge in [-0.1, -0.05) is 84.1 Å². The number of benzene rings is 1. The van der Waals surface area contributed by atoms with E-state index >= 15 is 0 Å². The van der Waals surface area contributed by atoms with E-state index in [1.807, 2.05) is 45.0 Å². The Morgan fingerprint density at radius 1 is 0.927 bits per heavy atom. The van der Waals surface area contributed by atoms with Gasteiger partial charge in [0.05, 0.1) is 7.11 Å². The lowest BCUT2D eigenvalue weighted by Gasteiger charge is -2.35. The molecule has 0 aliphatic heterocycles. The van der Waals surface area contributed by atoms with Gasteiger partial charge in [-0.2, -0.15) is 0 Å². The van der Waals surface area contributed by atoms with Crippen molar-refractivity contribution in [1.82, 2.24) is 15.5 Å². The first-order chi connectivity index (χ1) is 19.3. The first kappa shape index (κ1) is 35.9.